The molecule has 0 amide bonds. The largest absolute Gasteiger partial charge is 0.316 e. The maximum atomic E-state index is 12.1. The van der Waals surface area contributed by atoms with Crippen molar-refractivity contribution in [2.24, 2.45) is 0 Å². The molecular weight excluding hydrogens is 246 g/mol. The van der Waals surface area contributed by atoms with Crippen LogP contribution < -0.4 is 5.32 Å². The second-order valence-corrected chi connectivity index (χ2v) is 6.29. The lowest BCUT2D eigenvalue weighted by Gasteiger charge is -2.06. The highest BCUT2D eigenvalue weighted by molar-refractivity contribution is 7.91. The smallest absolute Gasteiger partial charge is 0.179 e. The average Bonchev–Trinajstić information content (AvgIpc) is 2.38. The highest BCUT2D eigenvalue weighted by Crippen LogP contribution is 2.19. The summed E-state index contributed by atoms with van der Waals surface area (Å²) in [6.45, 7) is 3.24. The topological polar surface area (TPSA) is 46.2 Å². The fourth-order valence-electron chi connectivity index (χ4n) is 1.86. The minimum absolute atomic E-state index is 0.138. The van der Waals surface area contributed by atoms with Crippen molar-refractivity contribution >= 4 is 20.6 Å². The van der Waals surface area contributed by atoms with Gasteiger partial charge in [0.1, 0.15) is 0 Å². The van der Waals surface area contributed by atoms with Crippen LogP contribution in [0.15, 0.2) is 47.4 Å². The highest BCUT2D eigenvalue weighted by atomic mass is 32.2. The Kier molecular flexibility index (Phi) is 3.99. The standard InChI is InChI=1S/C14H17NO2S/c1-2-15-9-10-18(16,17)14-8-7-12-5-3-4-6-13(12)11-14/h3-8,11,15H,2,9-10H2,1H3. The van der Waals surface area contributed by atoms with Crippen LogP contribution in [0.1, 0.15) is 6.92 Å². The van der Waals surface area contributed by atoms with E-state index in [9.17, 15) is 8.42 Å². The van der Waals surface area contributed by atoms with Crippen LogP contribution >= 0.6 is 0 Å². The third-order valence-corrected chi connectivity index (χ3v) is 4.59. The Balaban J connectivity index is 2.30. The number of nitrogens with one attached hydrogen (secondary N) is 1. The molecular formula is C14H17NO2S. The maximum absolute atomic E-state index is 12.1. The first-order valence-corrected chi connectivity index (χ1v) is 7.71. The van der Waals surface area contributed by atoms with E-state index in [-0.39, 0.29) is 5.75 Å². The molecule has 2 rings (SSSR count). The lowest BCUT2D eigenvalue weighted by Crippen LogP contribution is -2.22. The summed E-state index contributed by atoms with van der Waals surface area (Å²) in [5.74, 6) is 0.138. The fourth-order valence-corrected chi connectivity index (χ4v) is 3.09. The predicted molar refractivity (Wildman–Crippen MR) is 74.5 cm³/mol. The van der Waals surface area contributed by atoms with Gasteiger partial charge in [0.15, 0.2) is 9.84 Å². The van der Waals surface area contributed by atoms with E-state index in [1.807, 2.05) is 37.3 Å². The van der Waals surface area contributed by atoms with Gasteiger partial charge in [-0.1, -0.05) is 37.3 Å². The van der Waals surface area contributed by atoms with E-state index in [0.29, 0.717) is 11.4 Å². The molecule has 0 aliphatic heterocycles. The van der Waals surface area contributed by atoms with E-state index in [4.69, 9.17) is 0 Å². The molecule has 96 valence electrons. The number of sulfone groups is 1. The third-order valence-electron chi connectivity index (χ3n) is 2.88. The summed E-state index contributed by atoms with van der Waals surface area (Å²) in [4.78, 5) is 0.402. The van der Waals surface area contributed by atoms with Crippen LogP contribution in [-0.4, -0.2) is 27.3 Å². The van der Waals surface area contributed by atoms with Crippen molar-refractivity contribution in [3.8, 4) is 0 Å². The monoisotopic (exact) mass is 263 g/mol. The second kappa shape index (κ2) is 5.50. The average molecular weight is 263 g/mol. The molecule has 0 fully saturated rings. The Morgan fingerprint density at radius 3 is 2.50 bits per heavy atom. The third kappa shape index (κ3) is 2.89. The normalized spacial score (nSPS) is 11.8. The molecule has 0 heterocycles. The first-order chi connectivity index (χ1) is 8.63. The molecule has 0 saturated heterocycles. The zero-order valence-electron chi connectivity index (χ0n) is 10.4. The van der Waals surface area contributed by atoms with E-state index in [0.717, 1.165) is 17.3 Å². The van der Waals surface area contributed by atoms with Crippen LogP contribution in [0.2, 0.25) is 0 Å². The summed E-state index contributed by atoms with van der Waals surface area (Å²) >= 11 is 0. The summed E-state index contributed by atoms with van der Waals surface area (Å²) in [6.07, 6.45) is 0. The molecule has 2 aromatic carbocycles. The molecule has 0 spiro atoms. The van der Waals surface area contributed by atoms with Gasteiger partial charge in [-0.3, -0.25) is 0 Å². The van der Waals surface area contributed by atoms with E-state index >= 15 is 0 Å². The fraction of sp³-hybridized carbons (Fsp3) is 0.286. The van der Waals surface area contributed by atoms with Gasteiger partial charge in [0.2, 0.25) is 0 Å². The lowest BCUT2D eigenvalue weighted by molar-refractivity contribution is 0.592. The number of rotatable bonds is 5. The lowest BCUT2D eigenvalue weighted by atomic mass is 10.1. The molecule has 0 aliphatic carbocycles. The second-order valence-electron chi connectivity index (χ2n) is 4.18. The van der Waals surface area contributed by atoms with Crippen molar-refractivity contribution in [3.05, 3.63) is 42.5 Å². The first-order valence-electron chi connectivity index (χ1n) is 6.06. The van der Waals surface area contributed by atoms with Crippen LogP contribution in [0.25, 0.3) is 10.8 Å². The van der Waals surface area contributed by atoms with Gasteiger partial charge in [0.05, 0.1) is 10.6 Å². The molecule has 3 nitrogen and oxygen atoms in total. The number of fused-ring (bicyclic) bond motifs is 1. The molecule has 18 heavy (non-hydrogen) atoms. The molecule has 0 bridgehead atoms. The Labute approximate surface area is 108 Å². The van der Waals surface area contributed by atoms with Crippen LogP contribution in [0.4, 0.5) is 0 Å². The zero-order valence-corrected chi connectivity index (χ0v) is 11.2. The van der Waals surface area contributed by atoms with Gasteiger partial charge in [-0.15, -0.1) is 0 Å². The predicted octanol–water partition coefficient (Wildman–Crippen LogP) is 2.22. The number of hydrogen-bond donors (Lipinski definition) is 1. The van der Waals surface area contributed by atoms with Gasteiger partial charge in [-0.2, -0.15) is 0 Å². The zero-order chi connectivity index (χ0) is 13.0. The van der Waals surface area contributed by atoms with E-state index in [1.165, 1.54) is 0 Å². The summed E-state index contributed by atoms with van der Waals surface area (Å²) < 4.78 is 24.2. The SMILES string of the molecule is CCNCCS(=O)(=O)c1ccc2ccccc2c1. The van der Waals surface area contributed by atoms with Gasteiger partial charge >= 0.3 is 0 Å². The number of hydrogen-bond acceptors (Lipinski definition) is 3. The number of benzene rings is 2. The molecule has 0 unspecified atom stereocenters. The van der Waals surface area contributed by atoms with Gasteiger partial charge in [-0.05, 0) is 29.4 Å². The Morgan fingerprint density at radius 2 is 1.78 bits per heavy atom. The van der Waals surface area contributed by atoms with E-state index < -0.39 is 9.84 Å². The van der Waals surface area contributed by atoms with Gasteiger partial charge in [0, 0.05) is 6.54 Å². The Bertz CT molecular complexity index is 635. The Morgan fingerprint density at radius 1 is 1.06 bits per heavy atom. The highest BCUT2D eigenvalue weighted by Gasteiger charge is 2.13. The minimum atomic E-state index is -3.19. The molecule has 1 N–H and O–H groups in total. The molecule has 0 atom stereocenters. The van der Waals surface area contributed by atoms with Crippen LogP contribution in [-0.2, 0) is 9.84 Å². The summed E-state index contributed by atoms with van der Waals surface area (Å²) in [5.41, 5.74) is 0. The van der Waals surface area contributed by atoms with Crippen molar-refractivity contribution in [2.75, 3.05) is 18.8 Å². The molecule has 0 aliphatic rings. The van der Waals surface area contributed by atoms with E-state index in [1.54, 1.807) is 12.1 Å². The summed E-state index contributed by atoms with van der Waals surface area (Å²) in [7, 11) is -3.19. The molecule has 4 heteroatoms. The quantitative estimate of drug-likeness (QED) is 0.841. The van der Waals surface area contributed by atoms with Crippen molar-refractivity contribution < 1.29 is 8.42 Å². The summed E-state index contributed by atoms with van der Waals surface area (Å²) in [6, 6.07) is 13.1. The maximum Gasteiger partial charge on any atom is 0.179 e. The van der Waals surface area contributed by atoms with Gasteiger partial charge in [-0.25, -0.2) is 8.42 Å². The first kappa shape index (κ1) is 13.1. The van der Waals surface area contributed by atoms with Crippen molar-refractivity contribution in [3.63, 3.8) is 0 Å². The van der Waals surface area contributed by atoms with Crippen molar-refractivity contribution in [2.45, 2.75) is 11.8 Å². The summed E-state index contributed by atoms with van der Waals surface area (Å²) in [5, 5.41) is 5.05. The molecule has 2 aromatic rings. The van der Waals surface area contributed by atoms with Crippen LogP contribution in [0.5, 0.6) is 0 Å². The van der Waals surface area contributed by atoms with Crippen LogP contribution in [0.3, 0.4) is 0 Å². The molecule has 0 saturated carbocycles. The molecule has 0 aromatic heterocycles. The van der Waals surface area contributed by atoms with Crippen LogP contribution in [0, 0.1) is 0 Å². The van der Waals surface area contributed by atoms with Gasteiger partial charge in [0.25, 0.3) is 0 Å². The molecule has 0 radical (unpaired) electrons. The van der Waals surface area contributed by atoms with E-state index in [2.05, 4.69) is 5.32 Å². The van der Waals surface area contributed by atoms with Crippen molar-refractivity contribution in [1.29, 1.82) is 0 Å². The van der Waals surface area contributed by atoms with Crippen molar-refractivity contribution in [1.82, 2.24) is 5.32 Å². The minimum Gasteiger partial charge on any atom is -0.316 e. The van der Waals surface area contributed by atoms with Gasteiger partial charge < -0.3 is 5.32 Å². The Hall–Kier alpha value is -1.39.